The van der Waals surface area contributed by atoms with Crippen LogP contribution in [0.25, 0.3) is 0 Å². The van der Waals surface area contributed by atoms with E-state index in [2.05, 4.69) is 26.9 Å². The maximum atomic E-state index is 4.74. The Hall–Kier alpha value is -1.62. The summed E-state index contributed by atoms with van der Waals surface area (Å²) in [6, 6.07) is 1.85. The molecule has 0 aliphatic rings. The predicted molar refractivity (Wildman–Crippen MR) is 54.9 cm³/mol. The van der Waals surface area contributed by atoms with Gasteiger partial charge in [-0.25, -0.2) is 4.98 Å². The number of hydrogen-bond donors (Lipinski definition) is 1. The average molecular weight is 206 g/mol. The zero-order valence-corrected chi connectivity index (χ0v) is 8.68. The zero-order chi connectivity index (χ0) is 10.5. The van der Waals surface area contributed by atoms with Crippen molar-refractivity contribution in [2.75, 3.05) is 0 Å². The summed E-state index contributed by atoms with van der Waals surface area (Å²) in [7, 11) is 0. The Morgan fingerprint density at radius 2 is 2.40 bits per heavy atom. The van der Waals surface area contributed by atoms with Gasteiger partial charge < -0.3 is 14.4 Å². The van der Waals surface area contributed by atoms with Gasteiger partial charge in [0.05, 0.1) is 17.7 Å². The normalized spacial score (nSPS) is 10.7. The minimum absolute atomic E-state index is 0.714. The first-order chi connectivity index (χ1) is 7.40. The Balaban J connectivity index is 1.83. The van der Waals surface area contributed by atoms with Crippen LogP contribution in [-0.2, 0) is 19.6 Å². The molecule has 0 saturated carbocycles. The molecule has 5 heteroatoms. The zero-order valence-electron chi connectivity index (χ0n) is 8.68. The third kappa shape index (κ3) is 2.44. The minimum atomic E-state index is 0.714. The molecule has 2 heterocycles. The predicted octanol–water partition coefficient (Wildman–Crippen LogP) is 1.18. The quantitative estimate of drug-likeness (QED) is 0.798. The molecule has 0 radical (unpaired) electrons. The van der Waals surface area contributed by atoms with Crippen LogP contribution in [-0.4, -0.2) is 14.7 Å². The maximum Gasteiger partial charge on any atom is 0.124 e. The number of aryl methyl sites for hydroxylation is 1. The van der Waals surface area contributed by atoms with Crippen LogP contribution >= 0.6 is 0 Å². The van der Waals surface area contributed by atoms with Crippen molar-refractivity contribution in [1.29, 1.82) is 0 Å². The van der Waals surface area contributed by atoms with E-state index in [1.165, 1.54) is 5.69 Å². The summed E-state index contributed by atoms with van der Waals surface area (Å²) in [6.45, 7) is 4.55. The lowest BCUT2D eigenvalue weighted by molar-refractivity contribution is 0.408. The monoisotopic (exact) mass is 206 g/mol. The third-order valence-corrected chi connectivity index (χ3v) is 2.24. The van der Waals surface area contributed by atoms with E-state index in [0.717, 1.165) is 18.8 Å². The molecule has 0 aromatic carbocycles. The van der Waals surface area contributed by atoms with Gasteiger partial charge in [0.1, 0.15) is 6.26 Å². The molecule has 0 bridgehead atoms. The van der Waals surface area contributed by atoms with Crippen molar-refractivity contribution in [3.63, 3.8) is 0 Å². The van der Waals surface area contributed by atoms with E-state index in [1.54, 1.807) is 6.26 Å². The largest absolute Gasteiger partial charge is 0.364 e. The van der Waals surface area contributed by atoms with Crippen LogP contribution in [0, 0.1) is 0 Å². The molecule has 15 heavy (non-hydrogen) atoms. The van der Waals surface area contributed by atoms with Crippen molar-refractivity contribution in [2.24, 2.45) is 0 Å². The molecule has 0 unspecified atom stereocenters. The van der Waals surface area contributed by atoms with Gasteiger partial charge in [-0.15, -0.1) is 0 Å². The summed E-state index contributed by atoms with van der Waals surface area (Å²) in [5.74, 6) is 0. The van der Waals surface area contributed by atoms with Crippen molar-refractivity contribution < 1.29 is 4.52 Å². The lowest BCUT2D eigenvalue weighted by atomic mass is 10.4. The molecule has 2 aromatic heterocycles. The summed E-state index contributed by atoms with van der Waals surface area (Å²) < 4.78 is 6.85. The van der Waals surface area contributed by atoms with Gasteiger partial charge in [0.2, 0.25) is 0 Å². The van der Waals surface area contributed by atoms with Crippen LogP contribution in [0.3, 0.4) is 0 Å². The molecule has 0 amide bonds. The number of nitrogens with one attached hydrogen (secondary N) is 1. The van der Waals surface area contributed by atoms with E-state index in [0.29, 0.717) is 6.54 Å². The Bertz CT molecular complexity index is 393. The van der Waals surface area contributed by atoms with Gasteiger partial charge >= 0.3 is 0 Å². The molecular formula is C10H14N4O. The van der Waals surface area contributed by atoms with Gasteiger partial charge in [-0.1, -0.05) is 5.16 Å². The van der Waals surface area contributed by atoms with Crippen LogP contribution in [0.5, 0.6) is 0 Å². The van der Waals surface area contributed by atoms with Crippen molar-refractivity contribution >= 4 is 0 Å². The summed E-state index contributed by atoms with van der Waals surface area (Å²) in [6.07, 6.45) is 5.29. The average Bonchev–Trinajstić information content (AvgIpc) is 2.88. The molecule has 0 aliphatic carbocycles. The molecular weight excluding hydrogens is 192 g/mol. The van der Waals surface area contributed by atoms with Gasteiger partial charge in [0.15, 0.2) is 0 Å². The van der Waals surface area contributed by atoms with E-state index in [1.807, 2.05) is 18.6 Å². The molecule has 2 aromatic rings. The van der Waals surface area contributed by atoms with Crippen LogP contribution in [0.4, 0.5) is 0 Å². The Morgan fingerprint density at radius 1 is 1.47 bits per heavy atom. The van der Waals surface area contributed by atoms with Gasteiger partial charge in [0.25, 0.3) is 0 Å². The van der Waals surface area contributed by atoms with Crippen molar-refractivity contribution in [3.05, 3.63) is 36.2 Å². The molecule has 2 rings (SSSR count). The van der Waals surface area contributed by atoms with E-state index >= 15 is 0 Å². The highest BCUT2D eigenvalue weighted by atomic mass is 16.5. The second-order valence-corrected chi connectivity index (χ2v) is 3.27. The van der Waals surface area contributed by atoms with Crippen molar-refractivity contribution in [3.8, 4) is 0 Å². The molecule has 5 nitrogen and oxygen atoms in total. The van der Waals surface area contributed by atoms with Crippen LogP contribution in [0.1, 0.15) is 18.3 Å². The molecule has 0 saturated heterocycles. The number of aromatic nitrogens is 3. The fourth-order valence-corrected chi connectivity index (χ4v) is 1.43. The second-order valence-electron chi connectivity index (χ2n) is 3.27. The highest BCUT2D eigenvalue weighted by Crippen LogP contribution is 1.99. The SMILES string of the molecule is CCn1cncc1CNCc1ccon1. The topological polar surface area (TPSA) is 55.9 Å². The lowest BCUT2D eigenvalue weighted by Gasteiger charge is -2.05. The Kier molecular flexibility index (Phi) is 3.14. The van der Waals surface area contributed by atoms with Crippen molar-refractivity contribution in [1.82, 2.24) is 20.0 Å². The molecule has 0 fully saturated rings. The number of nitrogens with zero attached hydrogens (tertiary/aromatic N) is 3. The molecule has 0 aliphatic heterocycles. The van der Waals surface area contributed by atoms with E-state index in [-0.39, 0.29) is 0 Å². The van der Waals surface area contributed by atoms with Gasteiger partial charge in [-0.05, 0) is 6.92 Å². The number of imidazole rings is 1. The summed E-state index contributed by atoms with van der Waals surface area (Å²) >= 11 is 0. The smallest absolute Gasteiger partial charge is 0.124 e. The standard InChI is InChI=1S/C10H14N4O/c1-2-14-8-12-7-10(14)6-11-5-9-3-4-15-13-9/h3-4,7-8,11H,2,5-6H2,1H3. The van der Waals surface area contributed by atoms with Crippen LogP contribution in [0.15, 0.2) is 29.4 Å². The van der Waals surface area contributed by atoms with E-state index in [9.17, 15) is 0 Å². The number of rotatable bonds is 5. The first-order valence-electron chi connectivity index (χ1n) is 4.99. The van der Waals surface area contributed by atoms with Crippen molar-refractivity contribution in [2.45, 2.75) is 26.6 Å². The second kappa shape index (κ2) is 4.75. The Morgan fingerprint density at radius 3 is 3.13 bits per heavy atom. The Labute approximate surface area is 88.1 Å². The lowest BCUT2D eigenvalue weighted by Crippen LogP contribution is -2.15. The highest BCUT2D eigenvalue weighted by Gasteiger charge is 2.00. The third-order valence-electron chi connectivity index (χ3n) is 2.24. The number of hydrogen-bond acceptors (Lipinski definition) is 4. The molecule has 1 N–H and O–H groups in total. The van der Waals surface area contributed by atoms with Gasteiger partial charge in [-0.2, -0.15) is 0 Å². The summed E-state index contributed by atoms with van der Waals surface area (Å²) in [4.78, 5) is 4.10. The molecule has 0 spiro atoms. The maximum absolute atomic E-state index is 4.74. The van der Waals surface area contributed by atoms with Crippen LogP contribution < -0.4 is 5.32 Å². The first-order valence-corrected chi connectivity index (χ1v) is 4.99. The summed E-state index contributed by atoms with van der Waals surface area (Å²) in [5.41, 5.74) is 2.10. The fourth-order valence-electron chi connectivity index (χ4n) is 1.43. The van der Waals surface area contributed by atoms with E-state index < -0.39 is 0 Å². The first kappa shape index (κ1) is 9.92. The van der Waals surface area contributed by atoms with E-state index in [4.69, 9.17) is 4.52 Å². The van der Waals surface area contributed by atoms with Crippen LogP contribution in [0.2, 0.25) is 0 Å². The molecule has 0 atom stereocenters. The van der Waals surface area contributed by atoms with Gasteiger partial charge in [-0.3, -0.25) is 0 Å². The molecule has 80 valence electrons. The van der Waals surface area contributed by atoms with Gasteiger partial charge in [0, 0.05) is 31.9 Å². The summed E-state index contributed by atoms with van der Waals surface area (Å²) in [5, 5.41) is 7.10. The minimum Gasteiger partial charge on any atom is -0.364 e. The highest BCUT2D eigenvalue weighted by molar-refractivity contribution is 4.99. The fraction of sp³-hybridized carbons (Fsp3) is 0.400.